The fraction of sp³-hybridized carbons (Fsp3) is 0.500. The Morgan fingerprint density at radius 3 is 2.62 bits per heavy atom. The van der Waals surface area contributed by atoms with E-state index in [0.717, 1.165) is 0 Å². The fourth-order valence-corrected chi connectivity index (χ4v) is 2.69. The van der Waals surface area contributed by atoms with Crippen LogP contribution in [0.4, 0.5) is 5.82 Å². The van der Waals surface area contributed by atoms with Gasteiger partial charge in [-0.15, -0.1) is 0 Å². The molecule has 0 bridgehead atoms. The standard InChI is InChI=1S/C10H17N3O2S/c1-4-10(2,3)13-16(14,15)8-6-5-7-12-9(8)11/h5-7,13H,4H2,1-3H3,(H2,11,12). The lowest BCUT2D eigenvalue weighted by Gasteiger charge is -2.24. The predicted molar refractivity (Wildman–Crippen MR) is 63.3 cm³/mol. The average Bonchev–Trinajstić information content (AvgIpc) is 2.16. The first-order valence-corrected chi connectivity index (χ1v) is 6.51. The first-order chi connectivity index (χ1) is 7.28. The number of nitrogen functional groups attached to an aromatic ring is 1. The van der Waals surface area contributed by atoms with Crippen molar-refractivity contribution in [1.29, 1.82) is 0 Å². The van der Waals surface area contributed by atoms with Crippen LogP contribution in [0.3, 0.4) is 0 Å². The van der Waals surface area contributed by atoms with Gasteiger partial charge in [-0.3, -0.25) is 0 Å². The van der Waals surface area contributed by atoms with Gasteiger partial charge in [-0.2, -0.15) is 0 Å². The van der Waals surface area contributed by atoms with Crippen molar-refractivity contribution < 1.29 is 8.42 Å². The van der Waals surface area contributed by atoms with Crippen LogP contribution in [0, 0.1) is 0 Å². The molecule has 3 N–H and O–H groups in total. The van der Waals surface area contributed by atoms with Crippen molar-refractivity contribution in [2.75, 3.05) is 5.73 Å². The molecule has 1 aromatic rings. The predicted octanol–water partition coefficient (Wildman–Crippen LogP) is 1.13. The van der Waals surface area contributed by atoms with Crippen molar-refractivity contribution in [3.05, 3.63) is 18.3 Å². The van der Waals surface area contributed by atoms with Gasteiger partial charge in [0.05, 0.1) is 0 Å². The van der Waals surface area contributed by atoms with Gasteiger partial charge in [-0.1, -0.05) is 6.92 Å². The van der Waals surface area contributed by atoms with E-state index in [-0.39, 0.29) is 10.7 Å². The van der Waals surface area contributed by atoms with Crippen molar-refractivity contribution in [2.24, 2.45) is 0 Å². The van der Waals surface area contributed by atoms with Crippen LogP contribution >= 0.6 is 0 Å². The largest absolute Gasteiger partial charge is 0.383 e. The molecule has 0 saturated carbocycles. The summed E-state index contributed by atoms with van der Waals surface area (Å²) in [6.45, 7) is 5.54. The number of nitrogens with two attached hydrogens (primary N) is 1. The zero-order valence-electron chi connectivity index (χ0n) is 9.69. The summed E-state index contributed by atoms with van der Waals surface area (Å²) in [6, 6.07) is 2.99. The summed E-state index contributed by atoms with van der Waals surface area (Å²) in [7, 11) is -3.60. The number of sulfonamides is 1. The van der Waals surface area contributed by atoms with Crippen molar-refractivity contribution in [1.82, 2.24) is 9.71 Å². The van der Waals surface area contributed by atoms with E-state index in [1.54, 1.807) is 6.07 Å². The molecule has 1 heterocycles. The molecule has 5 nitrogen and oxygen atoms in total. The highest BCUT2D eigenvalue weighted by Gasteiger charge is 2.26. The van der Waals surface area contributed by atoms with Gasteiger partial charge in [0.15, 0.2) is 0 Å². The van der Waals surface area contributed by atoms with Gasteiger partial charge in [0.25, 0.3) is 0 Å². The van der Waals surface area contributed by atoms with Crippen molar-refractivity contribution in [3.63, 3.8) is 0 Å². The number of aromatic nitrogens is 1. The van der Waals surface area contributed by atoms with Gasteiger partial charge in [0.1, 0.15) is 10.7 Å². The highest BCUT2D eigenvalue weighted by molar-refractivity contribution is 7.89. The average molecular weight is 243 g/mol. The maximum absolute atomic E-state index is 12.0. The van der Waals surface area contributed by atoms with Gasteiger partial charge in [0, 0.05) is 11.7 Å². The molecular weight excluding hydrogens is 226 g/mol. The lowest BCUT2D eigenvalue weighted by Crippen LogP contribution is -2.42. The summed E-state index contributed by atoms with van der Waals surface area (Å²) in [5.41, 5.74) is 5.04. The zero-order chi connectivity index (χ0) is 12.4. The molecule has 0 aliphatic heterocycles. The first-order valence-electron chi connectivity index (χ1n) is 5.03. The number of anilines is 1. The molecule has 0 saturated heterocycles. The van der Waals surface area contributed by atoms with Crippen LogP contribution in [0.2, 0.25) is 0 Å². The Morgan fingerprint density at radius 1 is 1.50 bits per heavy atom. The second kappa shape index (κ2) is 4.39. The molecule has 0 aliphatic carbocycles. The quantitative estimate of drug-likeness (QED) is 0.830. The van der Waals surface area contributed by atoms with Crippen molar-refractivity contribution in [2.45, 2.75) is 37.6 Å². The van der Waals surface area contributed by atoms with E-state index < -0.39 is 15.6 Å². The Morgan fingerprint density at radius 2 is 2.12 bits per heavy atom. The van der Waals surface area contributed by atoms with Crippen LogP contribution in [0.15, 0.2) is 23.2 Å². The van der Waals surface area contributed by atoms with Crippen LogP contribution in [0.5, 0.6) is 0 Å². The highest BCUT2D eigenvalue weighted by Crippen LogP contribution is 2.18. The second-order valence-corrected chi connectivity index (χ2v) is 5.88. The van der Waals surface area contributed by atoms with E-state index in [9.17, 15) is 8.42 Å². The summed E-state index contributed by atoms with van der Waals surface area (Å²) >= 11 is 0. The molecule has 0 spiro atoms. The molecular formula is C10H17N3O2S. The smallest absolute Gasteiger partial charge is 0.244 e. The van der Waals surface area contributed by atoms with Crippen LogP contribution in [-0.2, 0) is 10.0 Å². The van der Waals surface area contributed by atoms with Crippen molar-refractivity contribution >= 4 is 15.8 Å². The van der Waals surface area contributed by atoms with E-state index in [0.29, 0.717) is 6.42 Å². The summed E-state index contributed by atoms with van der Waals surface area (Å²) < 4.78 is 26.6. The lowest BCUT2D eigenvalue weighted by molar-refractivity contribution is 0.439. The van der Waals surface area contributed by atoms with Gasteiger partial charge in [-0.25, -0.2) is 18.1 Å². The molecule has 1 aromatic heterocycles. The Hall–Kier alpha value is -1.14. The van der Waals surface area contributed by atoms with Crippen molar-refractivity contribution in [3.8, 4) is 0 Å². The lowest BCUT2D eigenvalue weighted by atomic mass is 10.0. The third-order valence-electron chi connectivity index (χ3n) is 2.38. The van der Waals surface area contributed by atoms with E-state index in [4.69, 9.17) is 5.73 Å². The molecule has 0 unspecified atom stereocenters. The minimum absolute atomic E-state index is 0.0157. The summed E-state index contributed by atoms with van der Waals surface area (Å²) in [4.78, 5) is 3.78. The second-order valence-electron chi connectivity index (χ2n) is 4.23. The third kappa shape index (κ3) is 2.93. The molecule has 0 amide bonds. The molecule has 0 fully saturated rings. The number of rotatable bonds is 4. The third-order valence-corrected chi connectivity index (χ3v) is 4.13. The maximum Gasteiger partial charge on any atom is 0.244 e. The van der Waals surface area contributed by atoms with Gasteiger partial charge in [0.2, 0.25) is 10.0 Å². The van der Waals surface area contributed by atoms with Gasteiger partial charge < -0.3 is 5.73 Å². The Labute approximate surface area is 96.1 Å². The number of nitrogens with one attached hydrogen (secondary N) is 1. The summed E-state index contributed by atoms with van der Waals surface area (Å²) in [6.07, 6.45) is 2.14. The van der Waals surface area contributed by atoms with Gasteiger partial charge in [-0.05, 0) is 32.4 Å². The maximum atomic E-state index is 12.0. The number of hydrogen-bond acceptors (Lipinski definition) is 4. The Bertz CT molecular complexity index is 469. The molecule has 1 rings (SSSR count). The molecule has 0 aromatic carbocycles. The molecule has 16 heavy (non-hydrogen) atoms. The molecule has 0 radical (unpaired) electrons. The molecule has 6 heteroatoms. The zero-order valence-corrected chi connectivity index (χ0v) is 10.5. The van der Waals surface area contributed by atoms with E-state index >= 15 is 0 Å². The van der Waals surface area contributed by atoms with E-state index in [1.807, 2.05) is 20.8 Å². The summed E-state index contributed by atoms with van der Waals surface area (Å²) in [5, 5.41) is 0. The van der Waals surface area contributed by atoms with Crippen LogP contribution < -0.4 is 10.5 Å². The van der Waals surface area contributed by atoms with Crippen LogP contribution in [-0.4, -0.2) is 18.9 Å². The number of pyridine rings is 1. The first kappa shape index (κ1) is 12.9. The topological polar surface area (TPSA) is 85.1 Å². The summed E-state index contributed by atoms with van der Waals surface area (Å²) in [5.74, 6) is 0.0157. The normalized spacial score (nSPS) is 12.7. The monoisotopic (exact) mass is 243 g/mol. The van der Waals surface area contributed by atoms with Crippen LogP contribution in [0.25, 0.3) is 0 Å². The molecule has 0 atom stereocenters. The minimum Gasteiger partial charge on any atom is -0.383 e. The van der Waals surface area contributed by atoms with E-state index in [1.165, 1.54) is 12.3 Å². The molecule has 0 aliphatic rings. The van der Waals surface area contributed by atoms with Crippen LogP contribution in [0.1, 0.15) is 27.2 Å². The fourth-order valence-electron chi connectivity index (χ4n) is 1.12. The Kier molecular flexibility index (Phi) is 3.54. The number of nitrogens with zero attached hydrogens (tertiary/aromatic N) is 1. The SMILES string of the molecule is CCC(C)(C)NS(=O)(=O)c1cccnc1N. The minimum atomic E-state index is -3.60. The van der Waals surface area contributed by atoms with Gasteiger partial charge >= 0.3 is 0 Å². The highest BCUT2D eigenvalue weighted by atomic mass is 32.2. The van der Waals surface area contributed by atoms with E-state index in [2.05, 4.69) is 9.71 Å². The number of hydrogen-bond donors (Lipinski definition) is 2. The Balaban J connectivity index is 3.09. The molecule has 90 valence electrons.